The van der Waals surface area contributed by atoms with Crippen LogP contribution in [-0.2, 0) is 6.54 Å². The number of halogens is 1. The molecule has 1 aliphatic rings. The summed E-state index contributed by atoms with van der Waals surface area (Å²) in [6.07, 6.45) is 0. The van der Waals surface area contributed by atoms with E-state index in [0.717, 1.165) is 33.0 Å². The number of methoxy groups -OCH3 is 1. The van der Waals surface area contributed by atoms with Gasteiger partial charge in [0.05, 0.1) is 7.11 Å². The Morgan fingerprint density at radius 3 is 2.90 bits per heavy atom. The van der Waals surface area contributed by atoms with Gasteiger partial charge >= 0.3 is 0 Å². The van der Waals surface area contributed by atoms with Crippen LogP contribution in [0.1, 0.15) is 5.56 Å². The zero-order valence-electron chi connectivity index (χ0n) is 11.7. The monoisotopic (exact) mass is 349 g/mol. The van der Waals surface area contributed by atoms with E-state index in [1.807, 2.05) is 36.4 Å². The highest BCUT2D eigenvalue weighted by Gasteiger charge is 2.15. The number of hydrogen-bond donors (Lipinski definition) is 1. The molecule has 3 rings (SSSR count). The third-order valence-electron chi connectivity index (χ3n) is 3.24. The Balaban J connectivity index is 1.77. The molecule has 2 aromatic carbocycles. The van der Waals surface area contributed by atoms with Gasteiger partial charge in [-0.3, -0.25) is 0 Å². The van der Waals surface area contributed by atoms with Crippen molar-refractivity contribution in [3.63, 3.8) is 0 Å². The van der Waals surface area contributed by atoms with Crippen molar-refractivity contribution in [3.05, 3.63) is 46.4 Å². The molecule has 0 radical (unpaired) electrons. The highest BCUT2D eigenvalue weighted by molar-refractivity contribution is 9.10. The minimum Gasteiger partial charge on any atom is -0.497 e. The summed E-state index contributed by atoms with van der Waals surface area (Å²) in [4.78, 5) is 0. The molecule has 0 bridgehead atoms. The Morgan fingerprint density at radius 2 is 2.05 bits per heavy atom. The number of ether oxygens (including phenoxy) is 3. The van der Waals surface area contributed by atoms with Gasteiger partial charge in [0, 0.05) is 28.3 Å². The summed E-state index contributed by atoms with van der Waals surface area (Å²) in [7, 11) is 1.66. The number of nitrogens with one attached hydrogen (secondary N) is 1. The van der Waals surface area contributed by atoms with Crippen molar-refractivity contribution in [2.45, 2.75) is 6.54 Å². The molecule has 1 aliphatic heterocycles. The maximum Gasteiger partial charge on any atom is 0.166 e. The molecular weight excluding hydrogens is 334 g/mol. The van der Waals surface area contributed by atoms with Crippen LogP contribution in [0.25, 0.3) is 0 Å². The van der Waals surface area contributed by atoms with Crippen molar-refractivity contribution >= 4 is 21.6 Å². The van der Waals surface area contributed by atoms with E-state index < -0.39 is 0 Å². The van der Waals surface area contributed by atoms with Gasteiger partial charge in [-0.2, -0.15) is 0 Å². The molecule has 2 aromatic rings. The molecule has 0 amide bonds. The van der Waals surface area contributed by atoms with Crippen LogP contribution in [0, 0.1) is 0 Å². The smallest absolute Gasteiger partial charge is 0.166 e. The first-order chi connectivity index (χ1) is 10.3. The van der Waals surface area contributed by atoms with Crippen molar-refractivity contribution in [2.75, 3.05) is 25.6 Å². The van der Waals surface area contributed by atoms with Crippen LogP contribution in [0.3, 0.4) is 0 Å². The lowest BCUT2D eigenvalue weighted by Crippen LogP contribution is -2.17. The lowest BCUT2D eigenvalue weighted by molar-refractivity contribution is 0.170. The van der Waals surface area contributed by atoms with E-state index in [1.165, 1.54) is 0 Å². The summed E-state index contributed by atoms with van der Waals surface area (Å²) in [6, 6.07) is 11.8. The Kier molecular flexibility index (Phi) is 4.20. The molecule has 0 saturated carbocycles. The predicted molar refractivity (Wildman–Crippen MR) is 85.5 cm³/mol. The minimum absolute atomic E-state index is 0.592. The van der Waals surface area contributed by atoms with Crippen LogP contribution in [0.15, 0.2) is 40.9 Å². The van der Waals surface area contributed by atoms with Gasteiger partial charge < -0.3 is 19.5 Å². The second-order valence-corrected chi connectivity index (χ2v) is 5.59. The summed E-state index contributed by atoms with van der Waals surface area (Å²) in [6.45, 7) is 1.85. The second-order valence-electron chi connectivity index (χ2n) is 4.67. The van der Waals surface area contributed by atoms with E-state index in [4.69, 9.17) is 14.2 Å². The number of para-hydroxylation sites is 1. The van der Waals surface area contributed by atoms with Gasteiger partial charge in [0.25, 0.3) is 0 Å². The van der Waals surface area contributed by atoms with Crippen molar-refractivity contribution in [2.24, 2.45) is 0 Å². The minimum atomic E-state index is 0.592. The summed E-state index contributed by atoms with van der Waals surface area (Å²) in [5.74, 6) is 2.45. The van der Waals surface area contributed by atoms with Crippen molar-refractivity contribution in [1.29, 1.82) is 0 Å². The van der Waals surface area contributed by atoms with Crippen LogP contribution in [0.5, 0.6) is 17.2 Å². The van der Waals surface area contributed by atoms with Crippen LogP contribution in [0.4, 0.5) is 5.69 Å². The summed E-state index contributed by atoms with van der Waals surface area (Å²) in [5, 5.41) is 3.38. The van der Waals surface area contributed by atoms with Gasteiger partial charge in [0.15, 0.2) is 11.5 Å². The predicted octanol–water partition coefficient (Wildman–Crippen LogP) is 3.84. The SMILES string of the molecule is COc1cc(Br)cc(NCc2cccc3c2OCCO3)c1. The fourth-order valence-corrected chi connectivity index (χ4v) is 2.73. The molecular formula is C16H16BrNO3. The third kappa shape index (κ3) is 3.24. The standard InChI is InChI=1S/C16H16BrNO3/c1-19-14-8-12(17)7-13(9-14)18-10-11-3-2-4-15-16(11)21-6-5-20-15/h2-4,7-9,18H,5-6,10H2,1H3. The van der Waals surface area contributed by atoms with E-state index in [0.29, 0.717) is 19.8 Å². The summed E-state index contributed by atoms with van der Waals surface area (Å²) in [5.41, 5.74) is 2.06. The highest BCUT2D eigenvalue weighted by atomic mass is 79.9. The third-order valence-corrected chi connectivity index (χ3v) is 3.70. The zero-order chi connectivity index (χ0) is 14.7. The number of hydrogen-bond acceptors (Lipinski definition) is 4. The second kappa shape index (κ2) is 6.26. The van der Waals surface area contributed by atoms with Gasteiger partial charge in [-0.15, -0.1) is 0 Å². The first-order valence-corrected chi connectivity index (χ1v) is 7.51. The van der Waals surface area contributed by atoms with Crippen molar-refractivity contribution < 1.29 is 14.2 Å². The van der Waals surface area contributed by atoms with Gasteiger partial charge in [0.2, 0.25) is 0 Å². The largest absolute Gasteiger partial charge is 0.497 e. The fourth-order valence-electron chi connectivity index (χ4n) is 2.25. The first-order valence-electron chi connectivity index (χ1n) is 6.72. The molecule has 0 saturated heterocycles. The average molecular weight is 350 g/mol. The van der Waals surface area contributed by atoms with E-state index >= 15 is 0 Å². The van der Waals surface area contributed by atoms with Crippen LogP contribution in [0.2, 0.25) is 0 Å². The quantitative estimate of drug-likeness (QED) is 0.910. The van der Waals surface area contributed by atoms with Crippen LogP contribution >= 0.6 is 15.9 Å². The summed E-state index contributed by atoms with van der Waals surface area (Å²) >= 11 is 3.48. The molecule has 0 unspecified atom stereocenters. The topological polar surface area (TPSA) is 39.7 Å². The van der Waals surface area contributed by atoms with Gasteiger partial charge in [-0.05, 0) is 18.2 Å². The lowest BCUT2D eigenvalue weighted by Gasteiger charge is -2.21. The average Bonchev–Trinajstić information content (AvgIpc) is 2.52. The maximum atomic E-state index is 5.71. The molecule has 1 heterocycles. The Morgan fingerprint density at radius 1 is 1.19 bits per heavy atom. The normalized spacial score (nSPS) is 12.9. The molecule has 0 aliphatic carbocycles. The highest BCUT2D eigenvalue weighted by Crippen LogP contribution is 2.34. The van der Waals surface area contributed by atoms with Gasteiger partial charge in [-0.25, -0.2) is 0 Å². The van der Waals surface area contributed by atoms with E-state index in [2.05, 4.69) is 21.2 Å². The maximum absolute atomic E-state index is 5.71. The molecule has 21 heavy (non-hydrogen) atoms. The lowest BCUT2D eigenvalue weighted by atomic mass is 10.1. The molecule has 0 atom stereocenters. The fraction of sp³-hybridized carbons (Fsp3) is 0.250. The number of fused-ring (bicyclic) bond motifs is 1. The van der Waals surface area contributed by atoms with Crippen LogP contribution < -0.4 is 19.5 Å². The van der Waals surface area contributed by atoms with Crippen LogP contribution in [-0.4, -0.2) is 20.3 Å². The summed E-state index contributed by atoms with van der Waals surface area (Å²) < 4.78 is 17.5. The molecule has 0 spiro atoms. The molecule has 0 fully saturated rings. The zero-order valence-corrected chi connectivity index (χ0v) is 13.3. The molecule has 0 aromatic heterocycles. The van der Waals surface area contributed by atoms with Gasteiger partial charge in [-0.1, -0.05) is 28.1 Å². The molecule has 5 heteroatoms. The van der Waals surface area contributed by atoms with E-state index in [-0.39, 0.29) is 0 Å². The Bertz CT molecular complexity index is 645. The number of rotatable bonds is 4. The Labute approximate surface area is 132 Å². The molecule has 110 valence electrons. The Hall–Kier alpha value is -1.88. The van der Waals surface area contributed by atoms with Gasteiger partial charge in [0.1, 0.15) is 19.0 Å². The van der Waals surface area contributed by atoms with Crippen molar-refractivity contribution in [1.82, 2.24) is 0 Å². The van der Waals surface area contributed by atoms with E-state index in [1.54, 1.807) is 7.11 Å². The molecule has 1 N–H and O–H groups in total. The molecule has 4 nitrogen and oxygen atoms in total. The van der Waals surface area contributed by atoms with E-state index in [9.17, 15) is 0 Å². The first kappa shape index (κ1) is 14.1. The van der Waals surface area contributed by atoms with Crippen molar-refractivity contribution in [3.8, 4) is 17.2 Å². The number of anilines is 1. The number of benzene rings is 2.